The molecule has 0 spiro atoms. The monoisotopic (exact) mass is 473 g/mol. The van der Waals surface area contributed by atoms with E-state index in [0.29, 0.717) is 16.8 Å². The molecule has 1 aliphatic carbocycles. The molecule has 6 nitrogen and oxygen atoms in total. The van der Waals surface area contributed by atoms with E-state index in [9.17, 15) is 18.8 Å². The average molecular weight is 474 g/mol. The number of aromatic nitrogens is 1. The van der Waals surface area contributed by atoms with Crippen LogP contribution in [0.1, 0.15) is 71.5 Å². The van der Waals surface area contributed by atoms with Crippen molar-refractivity contribution >= 4 is 23.3 Å². The van der Waals surface area contributed by atoms with Gasteiger partial charge in [0.15, 0.2) is 5.78 Å². The van der Waals surface area contributed by atoms with Crippen LogP contribution in [-0.2, 0) is 4.79 Å². The Hall–Kier alpha value is -3.87. The average Bonchev–Trinajstić information content (AvgIpc) is 2.88. The molecule has 0 radical (unpaired) electrons. The maximum Gasteiger partial charge on any atom is 0.277 e. The maximum absolute atomic E-state index is 13.8. The van der Waals surface area contributed by atoms with Gasteiger partial charge in [-0.3, -0.25) is 24.3 Å². The van der Waals surface area contributed by atoms with Crippen LogP contribution in [0.5, 0.6) is 0 Å². The van der Waals surface area contributed by atoms with Gasteiger partial charge in [-0.1, -0.05) is 37.5 Å². The maximum atomic E-state index is 13.8. The van der Waals surface area contributed by atoms with E-state index >= 15 is 0 Å². The first-order valence-electron chi connectivity index (χ1n) is 11.9. The van der Waals surface area contributed by atoms with Crippen LogP contribution in [0, 0.1) is 5.82 Å². The van der Waals surface area contributed by atoms with Gasteiger partial charge in [-0.15, -0.1) is 0 Å². The molecule has 1 N–H and O–H groups in total. The quantitative estimate of drug-likeness (QED) is 0.475. The predicted octanol–water partition coefficient (Wildman–Crippen LogP) is 5.26. The second-order valence-electron chi connectivity index (χ2n) is 8.79. The summed E-state index contributed by atoms with van der Waals surface area (Å²) in [6.07, 6.45) is 6.48. The van der Waals surface area contributed by atoms with Gasteiger partial charge >= 0.3 is 0 Å². The minimum atomic E-state index is -1.06. The molecule has 0 unspecified atom stereocenters. The van der Waals surface area contributed by atoms with Crippen molar-refractivity contribution in [3.05, 3.63) is 95.6 Å². The molecule has 180 valence electrons. The molecule has 2 aromatic carbocycles. The molecule has 0 bridgehead atoms. The molecule has 1 atom stereocenters. The molecule has 4 rings (SSSR count). The van der Waals surface area contributed by atoms with E-state index in [1.54, 1.807) is 42.5 Å². The fourth-order valence-electron chi connectivity index (χ4n) is 4.44. The van der Waals surface area contributed by atoms with Crippen molar-refractivity contribution in [3.8, 4) is 0 Å². The third kappa shape index (κ3) is 5.80. The summed E-state index contributed by atoms with van der Waals surface area (Å²) in [7, 11) is 0. The van der Waals surface area contributed by atoms with Gasteiger partial charge < -0.3 is 5.32 Å². The van der Waals surface area contributed by atoms with Crippen LogP contribution in [-0.4, -0.2) is 28.6 Å². The molecule has 1 saturated carbocycles. The van der Waals surface area contributed by atoms with Crippen LogP contribution in [0.4, 0.5) is 10.1 Å². The van der Waals surface area contributed by atoms with Gasteiger partial charge in [0, 0.05) is 23.5 Å². The Balaban J connectivity index is 1.80. The van der Waals surface area contributed by atoms with Gasteiger partial charge in [0.05, 0.1) is 0 Å². The van der Waals surface area contributed by atoms with Crippen LogP contribution < -0.4 is 10.2 Å². The summed E-state index contributed by atoms with van der Waals surface area (Å²) in [5, 5.41) is 3.12. The first-order valence-corrected chi connectivity index (χ1v) is 11.9. The Labute approximate surface area is 204 Å². The Bertz CT molecular complexity index is 1170. The summed E-state index contributed by atoms with van der Waals surface area (Å²) in [6.45, 7) is 1.46. The van der Waals surface area contributed by atoms with Crippen molar-refractivity contribution < 1.29 is 18.8 Å². The number of pyridine rings is 1. The van der Waals surface area contributed by atoms with Gasteiger partial charge in [-0.05, 0) is 73.9 Å². The number of halogens is 1. The van der Waals surface area contributed by atoms with Crippen molar-refractivity contribution in [3.63, 3.8) is 0 Å². The van der Waals surface area contributed by atoms with Crippen LogP contribution in [0.2, 0.25) is 0 Å². The molecule has 0 saturated heterocycles. The normalized spacial score (nSPS) is 14.7. The van der Waals surface area contributed by atoms with Gasteiger partial charge in [-0.25, -0.2) is 4.39 Å². The first kappa shape index (κ1) is 24.3. The third-order valence-electron chi connectivity index (χ3n) is 6.30. The minimum Gasteiger partial charge on any atom is -0.351 e. The molecule has 7 heteroatoms. The number of rotatable bonds is 7. The molecule has 1 fully saturated rings. The fourth-order valence-corrected chi connectivity index (χ4v) is 4.44. The van der Waals surface area contributed by atoms with E-state index in [-0.39, 0.29) is 23.4 Å². The lowest BCUT2D eigenvalue weighted by atomic mass is 9.94. The number of carbonyl (C=O) groups is 3. The number of anilines is 1. The topological polar surface area (TPSA) is 79.4 Å². The van der Waals surface area contributed by atoms with Crippen molar-refractivity contribution in [2.75, 3.05) is 4.90 Å². The summed E-state index contributed by atoms with van der Waals surface area (Å²) in [5.41, 5.74) is 1.56. The highest BCUT2D eigenvalue weighted by atomic mass is 19.1. The second kappa shape index (κ2) is 11.0. The van der Waals surface area contributed by atoms with Gasteiger partial charge in [0.25, 0.3) is 5.91 Å². The molecule has 1 heterocycles. The van der Waals surface area contributed by atoms with Crippen LogP contribution in [0.15, 0.2) is 72.9 Å². The summed E-state index contributed by atoms with van der Waals surface area (Å²) < 4.78 is 13.8. The number of ketones is 1. The van der Waals surface area contributed by atoms with E-state index in [1.165, 1.54) is 42.3 Å². The molecular formula is C28H28FN3O3. The highest BCUT2D eigenvalue weighted by Gasteiger charge is 2.35. The Morgan fingerprint density at radius 1 is 0.943 bits per heavy atom. The summed E-state index contributed by atoms with van der Waals surface area (Å²) in [5.74, 6) is -1.37. The van der Waals surface area contributed by atoms with Crippen LogP contribution in [0.25, 0.3) is 0 Å². The van der Waals surface area contributed by atoms with E-state index in [1.807, 2.05) is 0 Å². The van der Waals surface area contributed by atoms with E-state index in [0.717, 1.165) is 32.1 Å². The number of amides is 2. The highest BCUT2D eigenvalue weighted by Crippen LogP contribution is 2.31. The second-order valence-corrected chi connectivity index (χ2v) is 8.79. The fraction of sp³-hybridized carbons (Fsp3) is 0.286. The van der Waals surface area contributed by atoms with E-state index in [4.69, 9.17) is 0 Å². The van der Waals surface area contributed by atoms with Gasteiger partial charge in [0.2, 0.25) is 5.91 Å². The molecule has 1 aliphatic rings. The number of hydrogen-bond donors (Lipinski definition) is 1. The SMILES string of the molecule is CC(=O)c1ccc(N(C(=O)c2ccccn2)[C@H](C(=O)NC2CCCCC2)c2ccc(F)cc2)cc1. The zero-order valence-corrected chi connectivity index (χ0v) is 19.6. The summed E-state index contributed by atoms with van der Waals surface area (Å²) >= 11 is 0. The molecular weight excluding hydrogens is 445 g/mol. The van der Waals surface area contributed by atoms with Gasteiger partial charge in [0.1, 0.15) is 17.6 Å². The zero-order valence-electron chi connectivity index (χ0n) is 19.6. The summed E-state index contributed by atoms with van der Waals surface area (Å²) in [6, 6.07) is 16.1. The zero-order chi connectivity index (χ0) is 24.8. The van der Waals surface area contributed by atoms with Crippen LogP contribution >= 0.6 is 0 Å². The largest absolute Gasteiger partial charge is 0.351 e. The smallest absolute Gasteiger partial charge is 0.277 e. The summed E-state index contributed by atoms with van der Waals surface area (Å²) in [4.78, 5) is 44.9. The number of benzene rings is 2. The lowest BCUT2D eigenvalue weighted by Gasteiger charge is -2.33. The molecule has 35 heavy (non-hydrogen) atoms. The molecule has 3 aromatic rings. The molecule has 0 aliphatic heterocycles. The van der Waals surface area contributed by atoms with E-state index in [2.05, 4.69) is 10.3 Å². The number of nitrogens with zero attached hydrogens (tertiary/aromatic N) is 2. The van der Waals surface area contributed by atoms with Crippen molar-refractivity contribution in [1.82, 2.24) is 10.3 Å². The predicted molar refractivity (Wildman–Crippen MR) is 132 cm³/mol. The number of hydrogen-bond acceptors (Lipinski definition) is 4. The van der Waals surface area contributed by atoms with Crippen molar-refractivity contribution in [2.24, 2.45) is 0 Å². The molecule has 2 amide bonds. The van der Waals surface area contributed by atoms with E-state index < -0.39 is 17.8 Å². The van der Waals surface area contributed by atoms with Crippen LogP contribution in [0.3, 0.4) is 0 Å². The first-order chi connectivity index (χ1) is 16.9. The van der Waals surface area contributed by atoms with Gasteiger partial charge in [-0.2, -0.15) is 0 Å². The minimum absolute atomic E-state index is 0.0195. The van der Waals surface area contributed by atoms with Crippen molar-refractivity contribution in [1.29, 1.82) is 0 Å². The number of Topliss-reactive ketones (excluding diaryl/α,β-unsaturated/α-hetero) is 1. The van der Waals surface area contributed by atoms with Crippen molar-refractivity contribution in [2.45, 2.75) is 51.1 Å². The third-order valence-corrected chi connectivity index (χ3v) is 6.30. The highest BCUT2D eigenvalue weighted by molar-refractivity contribution is 6.09. The Morgan fingerprint density at radius 2 is 1.63 bits per heavy atom. The Morgan fingerprint density at radius 3 is 2.23 bits per heavy atom. The lowest BCUT2D eigenvalue weighted by molar-refractivity contribution is -0.123. The molecule has 1 aromatic heterocycles. The lowest BCUT2D eigenvalue weighted by Crippen LogP contribution is -2.47. The standard InChI is InChI=1S/C28H28FN3O3/c1-19(33)20-12-16-24(17-13-20)32(28(35)25-9-5-6-18-30-25)26(21-10-14-22(29)15-11-21)27(34)31-23-7-3-2-4-8-23/h5-6,9-18,23,26H,2-4,7-8H2,1H3,(H,31,34)/t26-/m0/s1. The number of nitrogens with one attached hydrogen (secondary N) is 1. The Kier molecular flexibility index (Phi) is 7.65. The number of carbonyl (C=O) groups excluding carboxylic acids is 3.